The summed E-state index contributed by atoms with van der Waals surface area (Å²) in [5.74, 6) is -0.645. The third-order valence-corrected chi connectivity index (χ3v) is 3.95. The Hall–Kier alpha value is -2.31. The van der Waals surface area contributed by atoms with Gasteiger partial charge in [0.1, 0.15) is 6.54 Å². The van der Waals surface area contributed by atoms with Crippen LogP contribution in [0.2, 0.25) is 0 Å². The lowest BCUT2D eigenvalue weighted by Gasteiger charge is -2.01. The van der Waals surface area contributed by atoms with Crippen molar-refractivity contribution in [2.24, 2.45) is 12.1 Å². The molecule has 1 amide bonds. The van der Waals surface area contributed by atoms with E-state index >= 15 is 0 Å². The lowest BCUT2D eigenvalue weighted by atomic mass is 10.4. The smallest absolute Gasteiger partial charge is 0.358 e. The van der Waals surface area contributed by atoms with E-state index in [1.54, 1.807) is 31.6 Å². The molecule has 1 N–H and O–H groups in total. The Morgan fingerprint density at radius 1 is 1.48 bits per heavy atom. The highest BCUT2D eigenvalue weighted by molar-refractivity contribution is 14.1. The second kappa shape index (κ2) is 6.85. The normalized spacial score (nSPS) is 11.6. The molecule has 0 radical (unpaired) electrons. The molecule has 0 aliphatic heterocycles. The number of nitrogens with zero attached hydrogens (tertiary/aromatic N) is 6. The van der Waals surface area contributed by atoms with Gasteiger partial charge in [0, 0.05) is 13.1 Å². The van der Waals surface area contributed by atoms with Gasteiger partial charge in [-0.15, -0.1) is 0 Å². The van der Waals surface area contributed by atoms with Gasteiger partial charge in [-0.2, -0.15) is 14.9 Å². The number of aryl methyl sites for hydroxylation is 2. The number of nitro groups is 1. The first kappa shape index (κ1) is 17.1. The van der Waals surface area contributed by atoms with E-state index in [2.05, 4.69) is 43.3 Å². The van der Waals surface area contributed by atoms with E-state index in [1.807, 2.05) is 0 Å². The summed E-state index contributed by atoms with van der Waals surface area (Å²) in [5, 5.41) is 22.6. The second-order valence-corrected chi connectivity index (χ2v) is 5.93. The summed E-state index contributed by atoms with van der Waals surface area (Å²) in [6.45, 7) is 3.64. The van der Waals surface area contributed by atoms with Gasteiger partial charge in [0.15, 0.2) is 5.69 Å². The minimum atomic E-state index is -0.555. The monoisotopic (exact) mass is 431 g/mol. The fraction of sp³-hybridized carbons (Fsp3) is 0.333. The zero-order valence-electron chi connectivity index (χ0n) is 12.6. The number of aromatic nitrogens is 4. The van der Waals surface area contributed by atoms with Gasteiger partial charge >= 0.3 is 5.82 Å². The van der Waals surface area contributed by atoms with E-state index in [0.717, 1.165) is 3.70 Å². The highest BCUT2D eigenvalue weighted by atomic mass is 127. The van der Waals surface area contributed by atoms with Gasteiger partial charge in [-0.25, -0.2) is 5.43 Å². The quantitative estimate of drug-likeness (QED) is 0.331. The number of amides is 1. The highest BCUT2D eigenvalue weighted by Crippen LogP contribution is 2.10. The molecular formula is C12H14IN7O3. The molecule has 0 saturated heterocycles. The molecule has 0 bridgehead atoms. The van der Waals surface area contributed by atoms with Gasteiger partial charge in [-0.1, -0.05) is 0 Å². The largest absolute Gasteiger partial charge is 0.390 e. The number of rotatable bonds is 5. The fourth-order valence-corrected chi connectivity index (χ4v) is 2.16. The first-order valence-electron chi connectivity index (χ1n) is 6.50. The molecule has 0 saturated carbocycles. The van der Waals surface area contributed by atoms with Crippen molar-refractivity contribution in [1.29, 1.82) is 0 Å². The predicted octanol–water partition coefficient (Wildman–Crippen LogP) is 1.24. The summed E-state index contributed by atoms with van der Waals surface area (Å²) in [6, 6.07) is 3.02. The standard InChI is InChI=1S/C12H14IN7O3/c1-7(6-19-8(2)4-11(17-19)20(22)23)14-15-12(21)9-5-10(13)18(3)16-9/h4-5H,6H2,1-3H3,(H,15,21)/b14-7-. The Morgan fingerprint density at radius 2 is 2.17 bits per heavy atom. The maximum atomic E-state index is 11.9. The van der Waals surface area contributed by atoms with Crippen LogP contribution < -0.4 is 5.43 Å². The van der Waals surface area contributed by atoms with E-state index in [-0.39, 0.29) is 18.1 Å². The SMILES string of the molecule is C/C(Cn1nc([N+](=O)[O-])cc1C)=N/NC(=O)c1cc(I)n(C)n1. The molecule has 0 spiro atoms. The molecule has 2 heterocycles. The van der Waals surface area contributed by atoms with Crippen LogP contribution in [-0.4, -0.2) is 36.1 Å². The molecule has 23 heavy (non-hydrogen) atoms. The van der Waals surface area contributed by atoms with Crippen LogP contribution in [0.25, 0.3) is 0 Å². The first-order valence-corrected chi connectivity index (χ1v) is 7.57. The van der Waals surface area contributed by atoms with Crippen LogP contribution in [0.5, 0.6) is 0 Å². The molecule has 2 rings (SSSR count). The van der Waals surface area contributed by atoms with Crippen molar-refractivity contribution in [2.75, 3.05) is 0 Å². The van der Waals surface area contributed by atoms with Crippen LogP contribution in [0, 0.1) is 20.7 Å². The summed E-state index contributed by atoms with van der Waals surface area (Å²) < 4.78 is 3.86. The average Bonchev–Trinajstić information content (AvgIpc) is 3.00. The molecule has 11 heteroatoms. The van der Waals surface area contributed by atoms with Crippen LogP contribution in [0.3, 0.4) is 0 Å². The first-order chi connectivity index (χ1) is 10.8. The highest BCUT2D eigenvalue weighted by Gasteiger charge is 2.16. The van der Waals surface area contributed by atoms with Crippen molar-refractivity contribution >= 4 is 40.0 Å². The number of hydrogen-bond donors (Lipinski definition) is 1. The lowest BCUT2D eigenvalue weighted by Crippen LogP contribution is -2.21. The van der Waals surface area contributed by atoms with Crippen molar-refractivity contribution in [1.82, 2.24) is 25.0 Å². The molecule has 0 unspecified atom stereocenters. The summed E-state index contributed by atoms with van der Waals surface area (Å²) in [7, 11) is 1.74. The van der Waals surface area contributed by atoms with Crippen molar-refractivity contribution < 1.29 is 9.72 Å². The zero-order valence-corrected chi connectivity index (χ0v) is 14.8. The minimum absolute atomic E-state index is 0.220. The number of carbonyl (C=O) groups excluding carboxylic acids is 1. The number of nitrogens with one attached hydrogen (secondary N) is 1. The van der Waals surface area contributed by atoms with Crippen molar-refractivity contribution in [2.45, 2.75) is 20.4 Å². The van der Waals surface area contributed by atoms with Gasteiger partial charge in [-0.05, 0) is 41.4 Å². The molecule has 0 aliphatic carbocycles. The second-order valence-electron chi connectivity index (χ2n) is 4.82. The Labute approximate surface area is 144 Å². The summed E-state index contributed by atoms with van der Waals surface area (Å²) >= 11 is 2.06. The number of hydrazone groups is 1. The Morgan fingerprint density at radius 3 is 2.70 bits per heavy atom. The van der Waals surface area contributed by atoms with Crippen LogP contribution in [0.1, 0.15) is 23.1 Å². The molecule has 0 aliphatic rings. The molecule has 2 aromatic heterocycles. The van der Waals surface area contributed by atoms with E-state index in [1.165, 1.54) is 10.7 Å². The number of halogens is 1. The summed E-state index contributed by atoms with van der Waals surface area (Å²) in [5.41, 5.74) is 3.85. The Balaban J connectivity index is 2.03. The minimum Gasteiger partial charge on any atom is -0.358 e. The van der Waals surface area contributed by atoms with E-state index in [4.69, 9.17) is 0 Å². The van der Waals surface area contributed by atoms with Gasteiger partial charge in [0.2, 0.25) is 0 Å². The number of carbonyl (C=O) groups is 1. The molecule has 0 atom stereocenters. The van der Waals surface area contributed by atoms with Crippen LogP contribution in [-0.2, 0) is 13.6 Å². The zero-order chi connectivity index (χ0) is 17.1. The van der Waals surface area contributed by atoms with Crippen LogP contribution in [0.15, 0.2) is 17.2 Å². The molecular weight excluding hydrogens is 417 g/mol. The molecule has 0 fully saturated rings. The van der Waals surface area contributed by atoms with Gasteiger partial charge in [0.25, 0.3) is 5.91 Å². The van der Waals surface area contributed by atoms with E-state index < -0.39 is 10.8 Å². The molecule has 2 aromatic rings. The van der Waals surface area contributed by atoms with Gasteiger partial charge in [0.05, 0.1) is 26.3 Å². The molecule has 122 valence electrons. The van der Waals surface area contributed by atoms with E-state index in [9.17, 15) is 14.9 Å². The van der Waals surface area contributed by atoms with Crippen molar-refractivity contribution in [3.8, 4) is 0 Å². The van der Waals surface area contributed by atoms with Crippen molar-refractivity contribution in [3.05, 3.63) is 37.3 Å². The van der Waals surface area contributed by atoms with Crippen molar-refractivity contribution in [3.63, 3.8) is 0 Å². The number of hydrogen-bond acceptors (Lipinski definition) is 6. The maximum absolute atomic E-state index is 11.9. The van der Waals surface area contributed by atoms with E-state index in [0.29, 0.717) is 11.4 Å². The summed E-state index contributed by atoms with van der Waals surface area (Å²) in [4.78, 5) is 22.0. The molecule has 10 nitrogen and oxygen atoms in total. The fourth-order valence-electron chi connectivity index (χ4n) is 1.75. The topological polar surface area (TPSA) is 120 Å². The van der Waals surface area contributed by atoms with Crippen LogP contribution >= 0.6 is 22.6 Å². The predicted molar refractivity (Wildman–Crippen MR) is 90.1 cm³/mol. The van der Waals surface area contributed by atoms with Crippen LogP contribution in [0.4, 0.5) is 5.82 Å². The van der Waals surface area contributed by atoms with Gasteiger partial charge < -0.3 is 10.1 Å². The third-order valence-electron chi connectivity index (χ3n) is 2.94. The Kier molecular flexibility index (Phi) is 5.08. The average molecular weight is 431 g/mol. The third kappa shape index (κ3) is 4.12. The maximum Gasteiger partial charge on any atom is 0.390 e. The van der Waals surface area contributed by atoms with Gasteiger partial charge in [-0.3, -0.25) is 9.48 Å². The summed E-state index contributed by atoms with van der Waals surface area (Å²) in [6.07, 6.45) is 0. The molecule has 0 aromatic carbocycles. The lowest BCUT2D eigenvalue weighted by molar-refractivity contribution is -0.389. The Bertz CT molecular complexity index is 773.